The summed E-state index contributed by atoms with van der Waals surface area (Å²) in [4.78, 5) is 39.4. The number of rotatable bonds is 6. The van der Waals surface area contributed by atoms with Crippen LogP contribution in [0, 0.1) is 11.8 Å². The van der Waals surface area contributed by atoms with Gasteiger partial charge in [-0.3, -0.25) is 14.4 Å². The van der Waals surface area contributed by atoms with E-state index >= 15 is 0 Å². The molecule has 0 radical (unpaired) electrons. The van der Waals surface area contributed by atoms with E-state index in [-0.39, 0.29) is 30.7 Å². The first-order valence-electron chi connectivity index (χ1n) is 10.4. The van der Waals surface area contributed by atoms with Crippen molar-refractivity contribution >= 4 is 23.4 Å². The third kappa shape index (κ3) is 5.92. The van der Waals surface area contributed by atoms with E-state index in [1.54, 1.807) is 24.3 Å². The largest absolute Gasteiger partial charge is 0.347 e. The zero-order valence-electron chi connectivity index (χ0n) is 17.6. The fraction of sp³-hybridized carbons (Fsp3) is 0.375. The van der Waals surface area contributed by atoms with Gasteiger partial charge in [-0.05, 0) is 36.0 Å². The number of carbonyl (C=O) groups is 3. The van der Waals surface area contributed by atoms with Gasteiger partial charge in [0.1, 0.15) is 0 Å². The summed E-state index contributed by atoms with van der Waals surface area (Å²) in [5, 5.41) is 5.40. The Bertz CT molecular complexity index is 888. The quantitative estimate of drug-likeness (QED) is 0.772. The van der Waals surface area contributed by atoms with Crippen LogP contribution < -0.4 is 10.6 Å². The van der Waals surface area contributed by atoms with Crippen molar-refractivity contribution in [2.75, 3.05) is 25.0 Å². The van der Waals surface area contributed by atoms with Crippen LogP contribution in [0.25, 0.3) is 0 Å². The molecule has 2 aromatic carbocycles. The maximum Gasteiger partial charge on any atom is 0.255 e. The summed E-state index contributed by atoms with van der Waals surface area (Å²) in [5.41, 5.74) is 1.83. The number of likely N-dealkylation sites (tertiary alicyclic amines) is 1. The molecule has 0 aromatic heterocycles. The predicted octanol–water partition coefficient (Wildman–Crippen LogP) is 3.10. The summed E-state index contributed by atoms with van der Waals surface area (Å²) in [6, 6.07) is 16.4. The highest BCUT2D eigenvalue weighted by molar-refractivity contribution is 6.04. The topological polar surface area (TPSA) is 78.5 Å². The van der Waals surface area contributed by atoms with Gasteiger partial charge in [-0.25, -0.2) is 0 Å². The van der Waals surface area contributed by atoms with E-state index in [1.807, 2.05) is 35.2 Å². The number of anilines is 1. The van der Waals surface area contributed by atoms with Gasteiger partial charge in [0.15, 0.2) is 0 Å². The average molecular weight is 408 g/mol. The van der Waals surface area contributed by atoms with E-state index in [0.29, 0.717) is 23.1 Å². The highest BCUT2D eigenvalue weighted by Crippen LogP contribution is 2.25. The maximum atomic E-state index is 13.1. The van der Waals surface area contributed by atoms with Crippen LogP contribution in [0.3, 0.4) is 0 Å². The SMILES string of the molecule is CC1CC(C)CN(C(=O)c2ccccc2NC(=O)CNC(=O)Cc2ccccc2)C1. The number of hydrogen-bond donors (Lipinski definition) is 2. The molecule has 30 heavy (non-hydrogen) atoms. The molecule has 3 amide bonds. The fourth-order valence-electron chi connectivity index (χ4n) is 3.99. The number of hydrogen-bond acceptors (Lipinski definition) is 3. The molecule has 0 saturated carbocycles. The normalized spacial score (nSPS) is 18.5. The molecule has 158 valence electrons. The summed E-state index contributed by atoms with van der Waals surface area (Å²) >= 11 is 0. The van der Waals surface area contributed by atoms with E-state index in [2.05, 4.69) is 24.5 Å². The molecule has 1 saturated heterocycles. The van der Waals surface area contributed by atoms with Crippen molar-refractivity contribution in [2.24, 2.45) is 11.8 Å². The van der Waals surface area contributed by atoms with Gasteiger partial charge >= 0.3 is 0 Å². The van der Waals surface area contributed by atoms with Crippen molar-refractivity contribution in [3.8, 4) is 0 Å². The average Bonchev–Trinajstić information content (AvgIpc) is 2.72. The van der Waals surface area contributed by atoms with E-state index in [4.69, 9.17) is 0 Å². The van der Waals surface area contributed by atoms with Crippen LogP contribution in [0.2, 0.25) is 0 Å². The molecule has 2 N–H and O–H groups in total. The second kappa shape index (κ2) is 10.1. The third-order valence-electron chi connectivity index (χ3n) is 5.24. The molecule has 0 aliphatic carbocycles. The molecule has 1 aliphatic heterocycles. The molecule has 0 spiro atoms. The number of para-hydroxylation sites is 1. The first-order chi connectivity index (χ1) is 14.4. The zero-order valence-corrected chi connectivity index (χ0v) is 17.6. The summed E-state index contributed by atoms with van der Waals surface area (Å²) in [6.07, 6.45) is 1.33. The van der Waals surface area contributed by atoms with Crippen molar-refractivity contribution in [1.29, 1.82) is 0 Å². The van der Waals surface area contributed by atoms with Crippen molar-refractivity contribution in [3.63, 3.8) is 0 Å². The smallest absolute Gasteiger partial charge is 0.255 e. The Morgan fingerprint density at radius 2 is 1.53 bits per heavy atom. The number of nitrogens with one attached hydrogen (secondary N) is 2. The van der Waals surface area contributed by atoms with Crippen LogP contribution in [0.1, 0.15) is 36.2 Å². The molecule has 1 fully saturated rings. The summed E-state index contributed by atoms with van der Waals surface area (Å²) in [7, 11) is 0. The van der Waals surface area contributed by atoms with Gasteiger partial charge in [-0.2, -0.15) is 0 Å². The summed E-state index contributed by atoms with van der Waals surface area (Å²) in [6.45, 7) is 5.61. The minimum absolute atomic E-state index is 0.0718. The lowest BCUT2D eigenvalue weighted by Crippen LogP contribution is -2.43. The second-order valence-electron chi connectivity index (χ2n) is 8.19. The predicted molar refractivity (Wildman–Crippen MR) is 117 cm³/mol. The van der Waals surface area contributed by atoms with Crippen LogP contribution >= 0.6 is 0 Å². The van der Waals surface area contributed by atoms with E-state index in [1.165, 1.54) is 0 Å². The van der Waals surface area contributed by atoms with Crippen LogP contribution in [-0.2, 0) is 16.0 Å². The molecule has 6 nitrogen and oxygen atoms in total. The van der Waals surface area contributed by atoms with Crippen molar-refractivity contribution in [3.05, 3.63) is 65.7 Å². The molecule has 0 bridgehead atoms. The monoisotopic (exact) mass is 407 g/mol. The summed E-state index contributed by atoms with van der Waals surface area (Å²) in [5.74, 6) is 0.255. The van der Waals surface area contributed by atoms with Crippen molar-refractivity contribution in [1.82, 2.24) is 10.2 Å². The van der Waals surface area contributed by atoms with E-state index in [0.717, 1.165) is 25.1 Å². The maximum absolute atomic E-state index is 13.1. The first-order valence-corrected chi connectivity index (χ1v) is 10.4. The van der Waals surface area contributed by atoms with Crippen LogP contribution in [-0.4, -0.2) is 42.3 Å². The van der Waals surface area contributed by atoms with Crippen LogP contribution in [0.15, 0.2) is 54.6 Å². The lowest BCUT2D eigenvalue weighted by Gasteiger charge is -2.35. The van der Waals surface area contributed by atoms with E-state index in [9.17, 15) is 14.4 Å². The molecule has 2 aromatic rings. The highest BCUT2D eigenvalue weighted by atomic mass is 16.2. The number of benzene rings is 2. The Kier molecular flexibility index (Phi) is 7.22. The van der Waals surface area contributed by atoms with Crippen LogP contribution in [0.5, 0.6) is 0 Å². The molecule has 2 unspecified atom stereocenters. The molecule has 3 rings (SSSR count). The minimum Gasteiger partial charge on any atom is -0.347 e. The van der Waals surface area contributed by atoms with Gasteiger partial charge in [0.25, 0.3) is 5.91 Å². The second-order valence-corrected chi connectivity index (χ2v) is 8.19. The Labute approximate surface area is 177 Å². The van der Waals surface area contributed by atoms with E-state index < -0.39 is 0 Å². The van der Waals surface area contributed by atoms with Gasteiger partial charge < -0.3 is 15.5 Å². The van der Waals surface area contributed by atoms with Crippen LogP contribution in [0.4, 0.5) is 5.69 Å². The van der Waals surface area contributed by atoms with Crippen molar-refractivity contribution < 1.29 is 14.4 Å². The molecule has 1 aliphatic rings. The Morgan fingerprint density at radius 1 is 0.900 bits per heavy atom. The molecule has 6 heteroatoms. The Hall–Kier alpha value is -3.15. The van der Waals surface area contributed by atoms with Gasteiger partial charge in [-0.1, -0.05) is 56.3 Å². The van der Waals surface area contributed by atoms with Crippen molar-refractivity contribution in [2.45, 2.75) is 26.7 Å². The third-order valence-corrected chi connectivity index (χ3v) is 5.24. The van der Waals surface area contributed by atoms with Gasteiger partial charge in [-0.15, -0.1) is 0 Å². The van der Waals surface area contributed by atoms with Gasteiger partial charge in [0.05, 0.1) is 24.2 Å². The number of amides is 3. The molecule has 1 heterocycles. The fourth-order valence-corrected chi connectivity index (χ4v) is 3.99. The number of carbonyl (C=O) groups excluding carboxylic acids is 3. The zero-order chi connectivity index (χ0) is 21.5. The molecular formula is C24H29N3O3. The summed E-state index contributed by atoms with van der Waals surface area (Å²) < 4.78 is 0. The van der Waals surface area contributed by atoms with Gasteiger partial charge in [0, 0.05) is 13.1 Å². The lowest BCUT2D eigenvalue weighted by molar-refractivity contribution is -0.123. The minimum atomic E-state index is -0.364. The Morgan fingerprint density at radius 3 is 2.23 bits per heavy atom. The first kappa shape index (κ1) is 21.6. The highest BCUT2D eigenvalue weighted by Gasteiger charge is 2.27. The Balaban J connectivity index is 1.58. The lowest BCUT2D eigenvalue weighted by atomic mass is 9.91. The number of nitrogens with zero attached hydrogens (tertiary/aromatic N) is 1. The standard InChI is InChI=1S/C24H29N3O3/c1-17-12-18(2)16-27(15-17)24(30)20-10-6-7-11-21(20)26-23(29)14-25-22(28)13-19-8-4-3-5-9-19/h3-11,17-18H,12-16H2,1-2H3,(H,25,28)(H,26,29). The van der Waals surface area contributed by atoms with Gasteiger partial charge in [0.2, 0.25) is 11.8 Å². The molecular weight excluding hydrogens is 378 g/mol. The molecule has 2 atom stereocenters. The number of piperidine rings is 1.